The van der Waals surface area contributed by atoms with Crippen LogP contribution in [0, 0.1) is 11.3 Å². The molecule has 2 heteroatoms. The van der Waals surface area contributed by atoms with Gasteiger partial charge in [-0.05, 0) is 18.4 Å². The van der Waals surface area contributed by atoms with E-state index in [0.717, 1.165) is 12.0 Å². The fourth-order valence-corrected chi connectivity index (χ4v) is 1.80. The molecule has 0 spiro atoms. The molecule has 0 bridgehead atoms. The summed E-state index contributed by atoms with van der Waals surface area (Å²) in [7, 11) is 0. The molecular formula is C18H24O2. The van der Waals surface area contributed by atoms with E-state index < -0.39 is 0 Å². The summed E-state index contributed by atoms with van der Waals surface area (Å²) in [6, 6.07) is 9.34. The maximum absolute atomic E-state index is 12.0. The fourth-order valence-electron chi connectivity index (χ4n) is 1.80. The lowest BCUT2D eigenvalue weighted by atomic mass is 9.90. The largest absolute Gasteiger partial charge is 0.294 e. The lowest BCUT2D eigenvalue weighted by molar-refractivity contribution is -0.121. The van der Waals surface area contributed by atoms with E-state index in [4.69, 9.17) is 0 Å². The molecule has 0 radical (unpaired) electrons. The maximum Gasteiger partial charge on any atom is 0.163 e. The Hall–Kier alpha value is -1.70. The van der Waals surface area contributed by atoms with E-state index in [2.05, 4.69) is 0 Å². The van der Waals surface area contributed by atoms with Crippen LogP contribution in [-0.2, 0) is 4.79 Å². The number of hydrogen-bond acceptors (Lipinski definition) is 2. The number of Topliss-reactive ketones (excluding diaryl/α,β-unsaturated/α-hetero) is 1. The first-order chi connectivity index (χ1) is 9.30. The lowest BCUT2D eigenvalue weighted by Crippen LogP contribution is -2.17. The van der Waals surface area contributed by atoms with Crippen molar-refractivity contribution in [3.8, 4) is 0 Å². The Morgan fingerprint density at radius 3 is 2.30 bits per heavy atom. The molecule has 1 atom stereocenters. The third-order valence-corrected chi connectivity index (χ3v) is 3.18. The average molecular weight is 272 g/mol. The molecule has 0 aromatic heterocycles. The highest BCUT2D eigenvalue weighted by molar-refractivity contribution is 5.96. The van der Waals surface area contributed by atoms with Crippen molar-refractivity contribution in [3.63, 3.8) is 0 Å². The summed E-state index contributed by atoms with van der Waals surface area (Å²) in [4.78, 5) is 23.8. The highest BCUT2D eigenvalue weighted by Crippen LogP contribution is 2.17. The zero-order valence-electron chi connectivity index (χ0n) is 12.8. The minimum absolute atomic E-state index is 0.124. The van der Waals surface area contributed by atoms with Crippen LogP contribution in [0.15, 0.2) is 42.5 Å². The van der Waals surface area contributed by atoms with Gasteiger partial charge in [-0.2, -0.15) is 0 Å². The van der Waals surface area contributed by atoms with Gasteiger partial charge in [0, 0.05) is 17.4 Å². The summed E-state index contributed by atoms with van der Waals surface area (Å²) in [5.41, 5.74) is 0.425. The number of ketones is 2. The van der Waals surface area contributed by atoms with Crippen LogP contribution in [0.2, 0.25) is 0 Å². The SMILES string of the molecule is CC(CC=CC(=O)C(C)(C)C)CC(=O)c1ccccc1. The molecule has 20 heavy (non-hydrogen) atoms. The van der Waals surface area contributed by atoms with Crippen molar-refractivity contribution in [2.45, 2.75) is 40.5 Å². The Morgan fingerprint density at radius 1 is 1.15 bits per heavy atom. The molecule has 0 aliphatic carbocycles. The van der Waals surface area contributed by atoms with Crippen molar-refractivity contribution in [2.24, 2.45) is 11.3 Å². The predicted octanol–water partition coefficient (Wildman–Crippen LogP) is 4.46. The molecule has 1 unspecified atom stereocenters. The van der Waals surface area contributed by atoms with Crippen LogP contribution >= 0.6 is 0 Å². The van der Waals surface area contributed by atoms with Gasteiger partial charge in [0.1, 0.15) is 0 Å². The summed E-state index contributed by atoms with van der Waals surface area (Å²) in [5.74, 6) is 0.527. The van der Waals surface area contributed by atoms with Gasteiger partial charge in [-0.3, -0.25) is 9.59 Å². The number of allylic oxidation sites excluding steroid dienone is 2. The van der Waals surface area contributed by atoms with E-state index in [1.807, 2.05) is 64.1 Å². The quantitative estimate of drug-likeness (QED) is 0.566. The molecule has 0 saturated carbocycles. The van der Waals surface area contributed by atoms with Crippen molar-refractivity contribution in [1.82, 2.24) is 0 Å². The first-order valence-corrected chi connectivity index (χ1v) is 7.10. The number of rotatable bonds is 6. The van der Waals surface area contributed by atoms with Crippen LogP contribution in [0.5, 0.6) is 0 Å². The van der Waals surface area contributed by atoms with Crippen molar-refractivity contribution in [1.29, 1.82) is 0 Å². The van der Waals surface area contributed by atoms with E-state index in [9.17, 15) is 9.59 Å². The summed E-state index contributed by atoms with van der Waals surface area (Å²) < 4.78 is 0. The molecule has 2 nitrogen and oxygen atoms in total. The van der Waals surface area contributed by atoms with Gasteiger partial charge in [0.25, 0.3) is 0 Å². The van der Waals surface area contributed by atoms with E-state index in [1.165, 1.54) is 0 Å². The molecule has 0 aliphatic rings. The molecule has 0 heterocycles. The second-order valence-electron chi connectivity index (χ2n) is 6.35. The third-order valence-electron chi connectivity index (χ3n) is 3.18. The van der Waals surface area contributed by atoms with Gasteiger partial charge in [-0.25, -0.2) is 0 Å². The van der Waals surface area contributed by atoms with Gasteiger partial charge < -0.3 is 0 Å². The highest BCUT2D eigenvalue weighted by atomic mass is 16.1. The summed E-state index contributed by atoms with van der Waals surface area (Å²) >= 11 is 0. The van der Waals surface area contributed by atoms with Crippen LogP contribution in [0.4, 0.5) is 0 Å². The Morgan fingerprint density at radius 2 is 1.75 bits per heavy atom. The molecule has 1 rings (SSSR count). The van der Waals surface area contributed by atoms with Crippen LogP contribution < -0.4 is 0 Å². The van der Waals surface area contributed by atoms with Crippen LogP contribution in [0.3, 0.4) is 0 Å². The first-order valence-electron chi connectivity index (χ1n) is 7.10. The van der Waals surface area contributed by atoms with Gasteiger partial charge in [-0.15, -0.1) is 0 Å². The fraction of sp³-hybridized carbons (Fsp3) is 0.444. The monoisotopic (exact) mass is 272 g/mol. The second kappa shape index (κ2) is 7.18. The number of benzene rings is 1. The molecule has 1 aromatic carbocycles. The van der Waals surface area contributed by atoms with Crippen molar-refractivity contribution in [2.75, 3.05) is 0 Å². The Balaban J connectivity index is 2.45. The Bertz CT molecular complexity index is 478. The molecule has 0 N–H and O–H groups in total. The van der Waals surface area contributed by atoms with Crippen LogP contribution in [0.25, 0.3) is 0 Å². The number of carbonyl (C=O) groups excluding carboxylic acids is 2. The van der Waals surface area contributed by atoms with Crippen molar-refractivity contribution >= 4 is 11.6 Å². The molecule has 0 fully saturated rings. The molecule has 0 saturated heterocycles. The van der Waals surface area contributed by atoms with E-state index >= 15 is 0 Å². The van der Waals surface area contributed by atoms with Gasteiger partial charge in [0.05, 0.1) is 0 Å². The van der Waals surface area contributed by atoms with E-state index in [1.54, 1.807) is 6.08 Å². The topological polar surface area (TPSA) is 34.1 Å². The first kappa shape index (κ1) is 16.4. The minimum atomic E-state index is -0.334. The Labute approximate surface area is 121 Å². The minimum Gasteiger partial charge on any atom is -0.294 e. The molecule has 0 amide bonds. The molecular weight excluding hydrogens is 248 g/mol. The molecule has 108 valence electrons. The van der Waals surface area contributed by atoms with Crippen LogP contribution in [0.1, 0.15) is 50.9 Å². The normalized spacial score (nSPS) is 13.4. The van der Waals surface area contributed by atoms with E-state index in [0.29, 0.717) is 6.42 Å². The van der Waals surface area contributed by atoms with E-state index in [-0.39, 0.29) is 22.9 Å². The number of hydrogen-bond donors (Lipinski definition) is 0. The maximum atomic E-state index is 12.0. The molecule has 0 aliphatic heterocycles. The van der Waals surface area contributed by atoms with Crippen molar-refractivity contribution in [3.05, 3.63) is 48.0 Å². The van der Waals surface area contributed by atoms with Crippen LogP contribution in [-0.4, -0.2) is 11.6 Å². The summed E-state index contributed by atoms with van der Waals surface area (Å²) in [6.07, 6.45) is 4.79. The standard InChI is InChI=1S/C18H24O2/c1-14(9-8-12-17(20)18(2,3)4)13-16(19)15-10-6-5-7-11-15/h5-8,10-12,14H,9,13H2,1-4H3. The highest BCUT2D eigenvalue weighted by Gasteiger charge is 2.18. The smallest absolute Gasteiger partial charge is 0.163 e. The average Bonchev–Trinajstić information content (AvgIpc) is 2.38. The summed E-state index contributed by atoms with van der Waals surface area (Å²) in [5, 5.41) is 0. The predicted molar refractivity (Wildman–Crippen MR) is 82.8 cm³/mol. The zero-order valence-corrected chi connectivity index (χ0v) is 12.8. The van der Waals surface area contributed by atoms with Gasteiger partial charge in [0.15, 0.2) is 11.6 Å². The van der Waals surface area contributed by atoms with Gasteiger partial charge in [-0.1, -0.05) is 64.1 Å². The Kier molecular flexibility index (Phi) is 5.87. The second-order valence-corrected chi connectivity index (χ2v) is 6.35. The van der Waals surface area contributed by atoms with Crippen molar-refractivity contribution < 1.29 is 9.59 Å². The third kappa shape index (κ3) is 5.52. The lowest BCUT2D eigenvalue weighted by Gasteiger charge is -2.13. The number of carbonyl (C=O) groups is 2. The van der Waals surface area contributed by atoms with Gasteiger partial charge >= 0.3 is 0 Å². The molecule has 1 aromatic rings. The zero-order chi connectivity index (χ0) is 15.2. The van der Waals surface area contributed by atoms with Gasteiger partial charge in [0.2, 0.25) is 0 Å². The summed E-state index contributed by atoms with van der Waals surface area (Å²) in [6.45, 7) is 7.75.